The number of fused-ring (bicyclic) bond motifs is 7. The van der Waals surface area contributed by atoms with Gasteiger partial charge in [0.25, 0.3) is 0 Å². The van der Waals surface area contributed by atoms with Crippen molar-refractivity contribution in [1.82, 2.24) is 0 Å². The largest absolute Gasteiger partial charge is 0.481 e. The maximum absolute atomic E-state index is 13.0. The van der Waals surface area contributed by atoms with Crippen LogP contribution in [0.1, 0.15) is 86.0 Å². The Hall–Kier alpha value is -1.19. The van der Waals surface area contributed by atoms with Crippen LogP contribution in [-0.4, -0.2) is 121 Å². The number of aliphatic hydroxyl groups excluding tert-OH is 8. The molecule has 0 bridgehead atoms. The van der Waals surface area contributed by atoms with E-state index < -0.39 is 102 Å². The van der Waals surface area contributed by atoms with Gasteiger partial charge in [0.05, 0.1) is 38.1 Å². The van der Waals surface area contributed by atoms with Gasteiger partial charge in [-0.15, -0.1) is 0 Å². The third-order valence-electron chi connectivity index (χ3n) is 15.3. The molecule has 0 radical (unpaired) electrons. The predicted molar refractivity (Wildman–Crippen MR) is 171 cm³/mol. The first-order valence-electron chi connectivity index (χ1n) is 17.8. The molecule has 6 aliphatic rings. The molecule has 9 N–H and O–H groups in total. The first-order chi connectivity index (χ1) is 22.3. The van der Waals surface area contributed by atoms with E-state index >= 15 is 0 Å². The lowest BCUT2D eigenvalue weighted by molar-refractivity contribution is -0.349. The summed E-state index contributed by atoms with van der Waals surface area (Å²) in [5.74, 6) is -1.65. The summed E-state index contributed by atoms with van der Waals surface area (Å²) >= 11 is 0. The third kappa shape index (κ3) is 4.73. The Balaban J connectivity index is 1.38. The van der Waals surface area contributed by atoms with Crippen LogP contribution in [0.4, 0.5) is 0 Å². The van der Waals surface area contributed by atoms with Crippen LogP contribution in [0.15, 0.2) is 11.6 Å². The van der Waals surface area contributed by atoms with Crippen LogP contribution < -0.4 is 0 Å². The minimum absolute atomic E-state index is 0.0565. The summed E-state index contributed by atoms with van der Waals surface area (Å²) in [5.41, 5.74) is -3.13. The molecule has 12 nitrogen and oxygen atoms in total. The number of aliphatic hydroxyl groups is 8. The summed E-state index contributed by atoms with van der Waals surface area (Å²) in [5, 5.41) is 97.7. The highest BCUT2D eigenvalue weighted by Gasteiger charge is 2.73. The molecule has 1 aliphatic heterocycles. The summed E-state index contributed by atoms with van der Waals surface area (Å²) in [4.78, 5) is 13.0. The Morgan fingerprint density at radius 1 is 0.875 bits per heavy atom. The number of hydrogen-bond donors (Lipinski definition) is 9. The van der Waals surface area contributed by atoms with E-state index in [0.717, 1.165) is 12.0 Å². The maximum atomic E-state index is 13.0. The summed E-state index contributed by atoms with van der Waals surface area (Å²) in [6.07, 6.45) is -4.81. The summed E-state index contributed by atoms with van der Waals surface area (Å²) in [7, 11) is 0. The summed E-state index contributed by atoms with van der Waals surface area (Å²) in [6.45, 7) is 9.13. The second-order valence-electron chi connectivity index (χ2n) is 17.9. The molecule has 0 unspecified atom stereocenters. The molecule has 274 valence electrons. The lowest BCUT2D eigenvalue weighted by Crippen LogP contribution is -2.71. The van der Waals surface area contributed by atoms with Gasteiger partial charge in [0.1, 0.15) is 29.8 Å². The van der Waals surface area contributed by atoms with Crippen molar-refractivity contribution < 1.29 is 60.2 Å². The zero-order chi connectivity index (χ0) is 35.4. The van der Waals surface area contributed by atoms with Crippen LogP contribution in [0, 0.1) is 50.2 Å². The molecule has 0 aromatic rings. The molecule has 12 heteroatoms. The molecule has 0 aromatic heterocycles. The fraction of sp³-hybridized carbons (Fsp3) is 0.917. The van der Waals surface area contributed by atoms with Crippen molar-refractivity contribution in [2.24, 2.45) is 50.2 Å². The smallest absolute Gasteiger partial charge is 0.312 e. The van der Waals surface area contributed by atoms with E-state index in [0.29, 0.717) is 38.5 Å². The van der Waals surface area contributed by atoms with Gasteiger partial charge in [-0.2, -0.15) is 0 Å². The number of hydrogen-bond acceptors (Lipinski definition) is 11. The van der Waals surface area contributed by atoms with Crippen LogP contribution in [0.2, 0.25) is 0 Å². The molecule has 48 heavy (non-hydrogen) atoms. The fourth-order valence-corrected chi connectivity index (χ4v) is 12.5. The fourth-order valence-electron chi connectivity index (χ4n) is 12.5. The van der Waals surface area contributed by atoms with Crippen molar-refractivity contribution in [1.29, 1.82) is 0 Å². The van der Waals surface area contributed by atoms with Crippen LogP contribution in [0.5, 0.6) is 0 Å². The molecule has 6 rings (SSSR count). The number of carbonyl (C=O) groups is 1. The van der Waals surface area contributed by atoms with Crippen molar-refractivity contribution in [3.8, 4) is 0 Å². The number of ether oxygens (including phenoxy) is 2. The van der Waals surface area contributed by atoms with E-state index in [2.05, 4.69) is 40.7 Å². The van der Waals surface area contributed by atoms with E-state index in [1.165, 1.54) is 0 Å². The lowest BCUT2D eigenvalue weighted by atomic mass is 9.33. The van der Waals surface area contributed by atoms with E-state index in [4.69, 9.17) is 9.47 Å². The molecule has 0 spiro atoms. The van der Waals surface area contributed by atoms with Gasteiger partial charge >= 0.3 is 5.97 Å². The average Bonchev–Trinajstić information content (AvgIpc) is 3.01. The zero-order valence-corrected chi connectivity index (χ0v) is 29.0. The SMILES string of the molecule is CC1(C)CC[C@]2(C(=O)O)[C@H](O)C[C@]3(C)C(=CC[C@@H]4[C@@]5(C)C[C@H](O)[C@H](O[C@@H]6O[C@H](CO)[C@@H](O)[C@H](O)[C@H]6O)C(CO)(CO)[C@H]5CC[C@]43C)[C@H]2C1. The molecule has 5 aliphatic carbocycles. The topological polar surface area (TPSA) is 218 Å². The third-order valence-corrected chi connectivity index (χ3v) is 15.3. The lowest BCUT2D eigenvalue weighted by Gasteiger charge is -2.72. The van der Waals surface area contributed by atoms with Gasteiger partial charge in [-0.25, -0.2) is 0 Å². The molecule has 5 fully saturated rings. The van der Waals surface area contributed by atoms with Crippen molar-refractivity contribution in [3.05, 3.63) is 11.6 Å². The van der Waals surface area contributed by atoms with E-state index in [-0.39, 0.29) is 29.6 Å². The molecule has 4 saturated carbocycles. The highest BCUT2D eigenvalue weighted by Crippen LogP contribution is 2.76. The van der Waals surface area contributed by atoms with Gasteiger partial charge in [-0.05, 0) is 90.8 Å². The maximum Gasteiger partial charge on any atom is 0.312 e. The van der Waals surface area contributed by atoms with Gasteiger partial charge in [0.15, 0.2) is 6.29 Å². The van der Waals surface area contributed by atoms with Crippen molar-refractivity contribution in [2.45, 2.75) is 135 Å². The summed E-state index contributed by atoms with van der Waals surface area (Å²) in [6, 6.07) is 0. The van der Waals surface area contributed by atoms with Crippen molar-refractivity contribution in [2.75, 3.05) is 19.8 Å². The first kappa shape index (κ1) is 36.6. The molecule has 0 aromatic carbocycles. The number of allylic oxidation sites excluding steroid dienone is 2. The quantitative estimate of drug-likeness (QED) is 0.141. The number of rotatable bonds is 6. The van der Waals surface area contributed by atoms with Gasteiger partial charge in [0, 0.05) is 5.41 Å². The summed E-state index contributed by atoms with van der Waals surface area (Å²) < 4.78 is 11.8. The highest BCUT2D eigenvalue weighted by molar-refractivity contribution is 5.77. The minimum Gasteiger partial charge on any atom is -0.481 e. The van der Waals surface area contributed by atoms with Crippen molar-refractivity contribution in [3.63, 3.8) is 0 Å². The average molecular weight is 683 g/mol. The Bertz CT molecular complexity index is 1280. The monoisotopic (exact) mass is 682 g/mol. The van der Waals surface area contributed by atoms with Gasteiger partial charge < -0.3 is 55.4 Å². The van der Waals surface area contributed by atoms with Gasteiger partial charge in [0.2, 0.25) is 0 Å². The van der Waals surface area contributed by atoms with Crippen LogP contribution in [0.25, 0.3) is 0 Å². The Morgan fingerprint density at radius 3 is 2.15 bits per heavy atom. The van der Waals surface area contributed by atoms with Crippen LogP contribution in [0.3, 0.4) is 0 Å². The first-order valence-corrected chi connectivity index (χ1v) is 17.8. The van der Waals surface area contributed by atoms with Crippen LogP contribution in [-0.2, 0) is 14.3 Å². The molecule has 15 atom stereocenters. The van der Waals surface area contributed by atoms with Crippen LogP contribution >= 0.6 is 0 Å². The number of aliphatic carboxylic acids is 1. The number of carboxylic acid groups (broad SMARTS) is 1. The second-order valence-corrected chi connectivity index (χ2v) is 17.9. The Kier molecular flexibility index (Phi) is 9.10. The Labute approximate surface area is 282 Å². The minimum atomic E-state index is -1.71. The van der Waals surface area contributed by atoms with Gasteiger partial charge in [-0.3, -0.25) is 4.79 Å². The zero-order valence-electron chi connectivity index (χ0n) is 29.0. The van der Waals surface area contributed by atoms with E-state index in [1.807, 2.05) is 0 Å². The normalized spacial score (nSPS) is 52.6. The standard InChI is InChI=1S/C36H58O12/c1-31(2)10-11-36(30(45)46)19(12-31)18-6-7-22-32(3)13-20(40)28(48-29-27(44)26(43)25(42)21(15-37)47-29)35(16-38,17-39)23(32)8-9-33(22,4)34(18,5)14-24(36)41/h6,19-29,37-44H,7-17H2,1-5H3,(H,45,46)/t19-,20+,21-,22-,23+,24-,25-,26+,27-,28+,29+,32-,33-,34-,36-/m1/s1. The molecular weight excluding hydrogens is 624 g/mol. The predicted octanol–water partition coefficient (Wildman–Crippen LogP) is 0.944. The van der Waals surface area contributed by atoms with E-state index in [1.54, 1.807) is 0 Å². The molecular formula is C36H58O12. The molecule has 0 amide bonds. The number of carboxylic acids is 1. The molecule has 1 heterocycles. The van der Waals surface area contributed by atoms with Gasteiger partial charge in [-0.1, -0.05) is 46.3 Å². The second kappa shape index (κ2) is 11.9. The van der Waals surface area contributed by atoms with Crippen molar-refractivity contribution >= 4 is 5.97 Å². The highest BCUT2D eigenvalue weighted by atomic mass is 16.7. The Morgan fingerprint density at radius 2 is 1.54 bits per heavy atom. The molecule has 1 saturated heterocycles. The van der Waals surface area contributed by atoms with E-state index in [9.17, 15) is 50.8 Å².